The average Bonchev–Trinajstić information content (AvgIpc) is 3.26. The maximum absolute atomic E-state index is 12.9. The molecule has 1 aliphatic rings. The van der Waals surface area contributed by atoms with Crippen molar-refractivity contribution in [3.63, 3.8) is 0 Å². The maximum atomic E-state index is 12.9. The lowest BCUT2D eigenvalue weighted by molar-refractivity contribution is -0.148. The molecule has 0 radical (unpaired) electrons. The zero-order valence-corrected chi connectivity index (χ0v) is 31.4. The third kappa shape index (κ3) is 14.7. The summed E-state index contributed by atoms with van der Waals surface area (Å²) in [5, 5.41) is 14.6. The molecular weight excluding hydrogens is 602 g/mol. The van der Waals surface area contributed by atoms with E-state index in [1.54, 1.807) is 12.1 Å². The Morgan fingerprint density at radius 1 is 0.708 bits per heavy atom. The minimum atomic E-state index is -0.550. The standard InChI is InChI=1S/C40H67N3O5/c1-8-9-10-11-12-13-14-15-16-17-18-19-20-21-22-23-24-30-27-36(46)43(38(30)48)42-35(45)26-25-34(44)41-31-28-32(39(2,3)4)37(47)33(29-31)40(5,6)7/h28-30,47H,8-27H2,1-7H3,(H,41,44)(H,42,45). The predicted molar refractivity (Wildman–Crippen MR) is 196 cm³/mol. The van der Waals surface area contributed by atoms with Gasteiger partial charge in [0, 0.05) is 42.0 Å². The van der Waals surface area contributed by atoms with E-state index >= 15 is 0 Å². The lowest BCUT2D eigenvalue weighted by Crippen LogP contribution is -2.46. The second-order valence-corrected chi connectivity index (χ2v) is 16.1. The van der Waals surface area contributed by atoms with Crippen molar-refractivity contribution < 1.29 is 24.3 Å². The number of benzene rings is 1. The number of nitrogens with zero attached hydrogens (tertiary/aromatic N) is 1. The monoisotopic (exact) mass is 670 g/mol. The molecule has 4 amide bonds. The maximum Gasteiger partial charge on any atom is 0.251 e. The lowest BCUT2D eigenvalue weighted by Gasteiger charge is -2.28. The fourth-order valence-corrected chi connectivity index (χ4v) is 6.46. The number of phenols is 1. The summed E-state index contributed by atoms with van der Waals surface area (Å²) in [5.41, 5.74) is 3.74. The Bertz CT molecular complexity index is 1150. The average molecular weight is 670 g/mol. The van der Waals surface area contributed by atoms with E-state index < -0.39 is 17.7 Å². The summed E-state index contributed by atoms with van der Waals surface area (Å²) in [6, 6.07) is 3.53. The highest BCUT2D eigenvalue weighted by molar-refractivity contribution is 6.04. The topological polar surface area (TPSA) is 116 Å². The number of hydrazine groups is 1. The highest BCUT2D eigenvalue weighted by atomic mass is 16.3. The minimum Gasteiger partial charge on any atom is -0.507 e. The summed E-state index contributed by atoms with van der Waals surface area (Å²) in [7, 11) is 0. The van der Waals surface area contributed by atoms with Crippen LogP contribution in [0.25, 0.3) is 0 Å². The van der Waals surface area contributed by atoms with Gasteiger partial charge >= 0.3 is 0 Å². The number of phenolic OH excluding ortho intramolecular Hbond substituents is 1. The van der Waals surface area contributed by atoms with Gasteiger partial charge in [0.25, 0.3) is 5.91 Å². The highest BCUT2D eigenvalue weighted by Crippen LogP contribution is 2.41. The summed E-state index contributed by atoms with van der Waals surface area (Å²) < 4.78 is 0. The molecule has 0 aliphatic carbocycles. The summed E-state index contributed by atoms with van der Waals surface area (Å²) in [6.07, 6.45) is 21.1. The molecule has 0 saturated carbocycles. The number of rotatable bonds is 22. The number of anilines is 1. The van der Waals surface area contributed by atoms with Gasteiger partial charge in [-0.1, -0.05) is 151 Å². The van der Waals surface area contributed by atoms with E-state index in [1.165, 1.54) is 83.5 Å². The van der Waals surface area contributed by atoms with Crippen molar-refractivity contribution in [2.24, 2.45) is 5.92 Å². The molecule has 0 bridgehead atoms. The molecule has 1 heterocycles. The third-order valence-electron chi connectivity index (χ3n) is 9.47. The van der Waals surface area contributed by atoms with E-state index in [0.717, 1.165) is 35.4 Å². The molecule has 3 N–H and O–H groups in total. The van der Waals surface area contributed by atoms with Crippen molar-refractivity contribution in [3.8, 4) is 5.75 Å². The SMILES string of the molecule is CCCCCCCCCCCCCCCCCCC1CC(=O)N(NC(=O)CCC(=O)Nc2cc(C(C)(C)C)c(O)c(C(C)(C)C)c2)C1=O. The zero-order valence-electron chi connectivity index (χ0n) is 31.4. The zero-order chi connectivity index (χ0) is 35.7. The van der Waals surface area contributed by atoms with Crippen molar-refractivity contribution in [2.45, 2.75) is 188 Å². The van der Waals surface area contributed by atoms with Gasteiger partial charge < -0.3 is 10.4 Å². The quantitative estimate of drug-likeness (QED) is 0.0646. The van der Waals surface area contributed by atoms with Crippen LogP contribution < -0.4 is 10.7 Å². The van der Waals surface area contributed by atoms with Crippen LogP contribution in [0.4, 0.5) is 5.69 Å². The largest absolute Gasteiger partial charge is 0.507 e. The second kappa shape index (κ2) is 20.6. The number of hydrogen-bond acceptors (Lipinski definition) is 5. The van der Waals surface area contributed by atoms with Crippen LogP contribution in [0, 0.1) is 5.92 Å². The Hall–Kier alpha value is -2.90. The number of nitrogens with one attached hydrogen (secondary N) is 2. The van der Waals surface area contributed by atoms with Gasteiger partial charge in [0.05, 0.1) is 0 Å². The second-order valence-electron chi connectivity index (χ2n) is 16.1. The van der Waals surface area contributed by atoms with E-state index in [0.29, 0.717) is 12.1 Å². The Kier molecular flexibility index (Phi) is 17.7. The molecule has 1 aliphatic heterocycles. The van der Waals surface area contributed by atoms with Crippen molar-refractivity contribution in [3.05, 3.63) is 23.3 Å². The van der Waals surface area contributed by atoms with Crippen LogP contribution in [-0.4, -0.2) is 33.7 Å². The van der Waals surface area contributed by atoms with E-state index in [1.807, 2.05) is 41.5 Å². The van der Waals surface area contributed by atoms with Gasteiger partial charge in [0.15, 0.2) is 0 Å². The summed E-state index contributed by atoms with van der Waals surface area (Å²) in [5.74, 6) is -1.83. The molecule has 1 atom stereocenters. The number of carbonyl (C=O) groups excluding carboxylic acids is 4. The highest BCUT2D eigenvalue weighted by Gasteiger charge is 2.39. The van der Waals surface area contributed by atoms with E-state index in [4.69, 9.17) is 0 Å². The number of carbonyl (C=O) groups is 4. The summed E-state index contributed by atoms with van der Waals surface area (Å²) >= 11 is 0. The van der Waals surface area contributed by atoms with E-state index in [9.17, 15) is 24.3 Å². The first-order valence-electron chi connectivity index (χ1n) is 19.0. The van der Waals surface area contributed by atoms with Gasteiger partial charge in [0.2, 0.25) is 17.7 Å². The first kappa shape index (κ1) is 41.3. The molecular formula is C40H67N3O5. The molecule has 1 unspecified atom stereocenters. The normalized spacial score (nSPS) is 15.3. The van der Waals surface area contributed by atoms with Crippen LogP contribution in [0.1, 0.15) is 188 Å². The number of imide groups is 1. The summed E-state index contributed by atoms with van der Waals surface area (Å²) in [4.78, 5) is 50.8. The van der Waals surface area contributed by atoms with Crippen molar-refractivity contribution in [1.82, 2.24) is 10.4 Å². The first-order valence-corrected chi connectivity index (χ1v) is 19.0. The summed E-state index contributed by atoms with van der Waals surface area (Å²) in [6.45, 7) is 14.2. The molecule has 8 heteroatoms. The van der Waals surface area contributed by atoms with Crippen LogP contribution in [-0.2, 0) is 30.0 Å². The minimum absolute atomic E-state index is 0.110. The van der Waals surface area contributed by atoms with E-state index in [-0.39, 0.29) is 47.7 Å². The van der Waals surface area contributed by atoms with Crippen molar-refractivity contribution in [1.29, 1.82) is 0 Å². The van der Waals surface area contributed by atoms with Gasteiger partial charge in [-0.15, -0.1) is 0 Å². The van der Waals surface area contributed by atoms with Gasteiger partial charge in [-0.3, -0.25) is 24.6 Å². The molecule has 0 spiro atoms. The Morgan fingerprint density at radius 3 is 1.56 bits per heavy atom. The molecule has 272 valence electrons. The number of unbranched alkanes of at least 4 members (excludes halogenated alkanes) is 15. The Labute approximate surface area is 291 Å². The van der Waals surface area contributed by atoms with Crippen molar-refractivity contribution in [2.75, 3.05) is 5.32 Å². The molecule has 8 nitrogen and oxygen atoms in total. The van der Waals surface area contributed by atoms with Crippen LogP contribution in [0.5, 0.6) is 5.75 Å². The molecule has 48 heavy (non-hydrogen) atoms. The fourth-order valence-electron chi connectivity index (χ4n) is 6.46. The van der Waals surface area contributed by atoms with Crippen LogP contribution in [0.2, 0.25) is 0 Å². The fraction of sp³-hybridized carbons (Fsp3) is 0.750. The molecule has 0 aromatic heterocycles. The van der Waals surface area contributed by atoms with Crippen LogP contribution in [0.3, 0.4) is 0 Å². The van der Waals surface area contributed by atoms with Crippen LogP contribution >= 0.6 is 0 Å². The number of amides is 4. The lowest BCUT2D eigenvalue weighted by atomic mass is 9.79. The smallest absolute Gasteiger partial charge is 0.251 e. The predicted octanol–water partition coefficient (Wildman–Crippen LogP) is 9.76. The van der Waals surface area contributed by atoms with Gasteiger partial charge in [-0.2, -0.15) is 5.01 Å². The van der Waals surface area contributed by atoms with Gasteiger partial charge in [-0.25, -0.2) is 0 Å². The molecule has 1 aromatic rings. The van der Waals surface area contributed by atoms with Crippen LogP contribution in [0.15, 0.2) is 12.1 Å². The van der Waals surface area contributed by atoms with Crippen molar-refractivity contribution >= 4 is 29.3 Å². The Balaban J connectivity index is 1.64. The third-order valence-corrected chi connectivity index (χ3v) is 9.47. The first-order chi connectivity index (χ1) is 22.6. The van der Waals surface area contributed by atoms with E-state index in [2.05, 4.69) is 17.7 Å². The van der Waals surface area contributed by atoms with Gasteiger partial charge in [0.1, 0.15) is 5.75 Å². The molecule has 2 rings (SSSR count). The molecule has 1 fully saturated rings. The number of hydrogen-bond donors (Lipinski definition) is 3. The molecule has 1 aromatic carbocycles. The van der Waals surface area contributed by atoms with Gasteiger partial charge in [-0.05, 0) is 29.4 Å². The number of aromatic hydroxyl groups is 1. The molecule has 1 saturated heterocycles. The Morgan fingerprint density at radius 2 is 1.12 bits per heavy atom.